The minimum absolute atomic E-state index is 0.0180. The highest BCUT2D eigenvalue weighted by Crippen LogP contribution is 2.32. The van der Waals surface area contributed by atoms with Gasteiger partial charge < -0.3 is 10.4 Å². The lowest BCUT2D eigenvalue weighted by Gasteiger charge is -2.34. The molecule has 21 heavy (non-hydrogen) atoms. The summed E-state index contributed by atoms with van der Waals surface area (Å²) in [5.74, 6) is -0.0474. The van der Waals surface area contributed by atoms with Gasteiger partial charge in [0.25, 0.3) is 0 Å². The Balaban J connectivity index is 1.88. The van der Waals surface area contributed by atoms with E-state index in [2.05, 4.69) is 12.2 Å². The fourth-order valence-electron chi connectivity index (χ4n) is 3.81. The van der Waals surface area contributed by atoms with Crippen molar-refractivity contribution in [3.8, 4) is 0 Å². The minimum Gasteiger partial charge on any atom is -0.480 e. The minimum atomic E-state index is -0.835. The first-order valence-corrected chi connectivity index (χ1v) is 8.25. The van der Waals surface area contributed by atoms with E-state index in [9.17, 15) is 14.7 Å². The van der Waals surface area contributed by atoms with E-state index in [4.69, 9.17) is 0 Å². The Bertz CT molecular complexity index is 391. The zero-order valence-corrected chi connectivity index (χ0v) is 13.2. The number of likely N-dealkylation sites (tertiary alicyclic amines) is 1. The van der Waals surface area contributed by atoms with Crippen molar-refractivity contribution in [2.75, 3.05) is 13.1 Å². The van der Waals surface area contributed by atoms with E-state index in [1.54, 1.807) is 0 Å². The van der Waals surface area contributed by atoms with Crippen LogP contribution in [0.15, 0.2) is 0 Å². The number of rotatable bonds is 5. The number of nitrogens with zero attached hydrogens (tertiary/aromatic N) is 1. The molecule has 0 aromatic carbocycles. The molecule has 1 heterocycles. The molecule has 0 bridgehead atoms. The Morgan fingerprint density at radius 3 is 2.52 bits per heavy atom. The molecule has 5 heteroatoms. The second-order valence-corrected chi connectivity index (χ2v) is 6.74. The first kappa shape index (κ1) is 16.3. The van der Waals surface area contributed by atoms with Crippen molar-refractivity contribution in [2.24, 2.45) is 5.92 Å². The highest BCUT2D eigenvalue weighted by molar-refractivity contribution is 5.82. The van der Waals surface area contributed by atoms with Crippen LogP contribution < -0.4 is 5.32 Å². The quantitative estimate of drug-likeness (QED) is 0.814. The largest absolute Gasteiger partial charge is 0.480 e. The SMILES string of the molecule is CCC1(C(=O)O)CCCN1CC(=O)NC1CCC(C)CC1. The Morgan fingerprint density at radius 2 is 1.95 bits per heavy atom. The summed E-state index contributed by atoms with van der Waals surface area (Å²) in [5.41, 5.74) is -0.835. The second kappa shape index (κ2) is 6.77. The van der Waals surface area contributed by atoms with Crippen LogP contribution in [0.1, 0.15) is 58.8 Å². The van der Waals surface area contributed by atoms with Crippen molar-refractivity contribution in [2.45, 2.75) is 70.4 Å². The summed E-state index contributed by atoms with van der Waals surface area (Å²) in [6.45, 7) is 5.07. The van der Waals surface area contributed by atoms with E-state index in [0.717, 1.165) is 25.2 Å². The smallest absolute Gasteiger partial charge is 0.324 e. The molecule has 0 aromatic rings. The van der Waals surface area contributed by atoms with Crippen molar-refractivity contribution in [3.05, 3.63) is 0 Å². The fraction of sp³-hybridized carbons (Fsp3) is 0.875. The molecular formula is C16H28N2O3. The Labute approximate surface area is 127 Å². The lowest BCUT2D eigenvalue weighted by atomic mass is 9.87. The standard InChI is InChI=1S/C16H28N2O3/c1-3-16(15(20)21)9-4-10-18(16)11-14(19)17-13-7-5-12(2)6-8-13/h12-13H,3-11H2,1-2H3,(H,17,19)(H,20,21). The van der Waals surface area contributed by atoms with Crippen LogP contribution in [0.2, 0.25) is 0 Å². The van der Waals surface area contributed by atoms with Gasteiger partial charge in [-0.1, -0.05) is 13.8 Å². The molecule has 0 radical (unpaired) electrons. The number of carbonyl (C=O) groups is 2. The van der Waals surface area contributed by atoms with Crippen LogP contribution >= 0.6 is 0 Å². The molecule has 5 nitrogen and oxygen atoms in total. The molecule has 1 unspecified atom stereocenters. The molecular weight excluding hydrogens is 268 g/mol. The monoisotopic (exact) mass is 296 g/mol. The van der Waals surface area contributed by atoms with Gasteiger partial charge in [-0.15, -0.1) is 0 Å². The Kier molecular flexibility index (Phi) is 5.25. The summed E-state index contributed by atoms with van der Waals surface area (Å²) in [4.78, 5) is 25.7. The maximum Gasteiger partial charge on any atom is 0.324 e. The van der Waals surface area contributed by atoms with E-state index in [1.165, 1.54) is 12.8 Å². The number of carboxylic acids is 1. The van der Waals surface area contributed by atoms with Gasteiger partial charge >= 0.3 is 5.97 Å². The van der Waals surface area contributed by atoms with Gasteiger partial charge in [-0.3, -0.25) is 14.5 Å². The number of carboxylic acid groups (broad SMARTS) is 1. The van der Waals surface area contributed by atoms with Crippen molar-refractivity contribution < 1.29 is 14.7 Å². The van der Waals surface area contributed by atoms with Crippen LogP contribution in [0.25, 0.3) is 0 Å². The van der Waals surface area contributed by atoms with Crippen LogP contribution in [0.5, 0.6) is 0 Å². The molecule has 1 saturated carbocycles. The molecule has 1 atom stereocenters. The summed E-state index contributed by atoms with van der Waals surface area (Å²) in [7, 11) is 0. The van der Waals surface area contributed by atoms with Crippen LogP contribution in [0.3, 0.4) is 0 Å². The second-order valence-electron chi connectivity index (χ2n) is 6.74. The maximum absolute atomic E-state index is 12.2. The van der Waals surface area contributed by atoms with E-state index in [1.807, 2.05) is 11.8 Å². The number of hydrogen-bond acceptors (Lipinski definition) is 3. The van der Waals surface area contributed by atoms with Crippen LogP contribution in [-0.2, 0) is 9.59 Å². The summed E-state index contributed by atoms with van der Waals surface area (Å²) in [6.07, 6.45) is 6.48. The van der Waals surface area contributed by atoms with Crippen LogP contribution in [0, 0.1) is 5.92 Å². The zero-order chi connectivity index (χ0) is 15.5. The number of amides is 1. The summed E-state index contributed by atoms with van der Waals surface area (Å²) < 4.78 is 0. The molecule has 1 saturated heterocycles. The molecule has 120 valence electrons. The van der Waals surface area contributed by atoms with Gasteiger partial charge in [-0.2, -0.15) is 0 Å². The van der Waals surface area contributed by atoms with Gasteiger partial charge in [0.15, 0.2) is 0 Å². The van der Waals surface area contributed by atoms with Gasteiger partial charge in [0, 0.05) is 6.04 Å². The third kappa shape index (κ3) is 3.57. The maximum atomic E-state index is 12.2. The number of nitrogens with one attached hydrogen (secondary N) is 1. The van der Waals surface area contributed by atoms with Crippen molar-refractivity contribution in [3.63, 3.8) is 0 Å². The average molecular weight is 296 g/mol. The highest BCUT2D eigenvalue weighted by Gasteiger charge is 2.46. The molecule has 2 N–H and O–H groups in total. The molecule has 2 aliphatic rings. The molecule has 2 rings (SSSR count). The first-order valence-electron chi connectivity index (χ1n) is 8.25. The summed E-state index contributed by atoms with van der Waals surface area (Å²) in [6, 6.07) is 0.275. The van der Waals surface area contributed by atoms with E-state index in [0.29, 0.717) is 19.4 Å². The van der Waals surface area contributed by atoms with Gasteiger partial charge in [-0.25, -0.2) is 0 Å². The normalized spacial score (nSPS) is 33.8. The Hall–Kier alpha value is -1.10. The van der Waals surface area contributed by atoms with Gasteiger partial charge in [0.2, 0.25) is 5.91 Å². The van der Waals surface area contributed by atoms with E-state index in [-0.39, 0.29) is 18.5 Å². The topological polar surface area (TPSA) is 69.6 Å². The van der Waals surface area contributed by atoms with Gasteiger partial charge in [-0.05, 0) is 57.4 Å². The van der Waals surface area contributed by atoms with Crippen molar-refractivity contribution in [1.82, 2.24) is 10.2 Å². The number of carbonyl (C=O) groups excluding carboxylic acids is 1. The van der Waals surface area contributed by atoms with Gasteiger partial charge in [0.05, 0.1) is 6.54 Å². The zero-order valence-electron chi connectivity index (χ0n) is 13.2. The fourth-order valence-corrected chi connectivity index (χ4v) is 3.81. The number of aliphatic carboxylic acids is 1. The third-order valence-corrected chi connectivity index (χ3v) is 5.32. The summed E-state index contributed by atoms with van der Waals surface area (Å²) in [5, 5.41) is 12.6. The Morgan fingerprint density at radius 1 is 1.29 bits per heavy atom. The van der Waals surface area contributed by atoms with Crippen LogP contribution in [0.4, 0.5) is 0 Å². The average Bonchev–Trinajstić information content (AvgIpc) is 2.85. The van der Waals surface area contributed by atoms with Crippen molar-refractivity contribution in [1.29, 1.82) is 0 Å². The first-order chi connectivity index (χ1) is 9.98. The van der Waals surface area contributed by atoms with E-state index < -0.39 is 11.5 Å². The highest BCUT2D eigenvalue weighted by atomic mass is 16.4. The predicted molar refractivity (Wildman–Crippen MR) is 81.0 cm³/mol. The molecule has 2 fully saturated rings. The predicted octanol–water partition coefficient (Wildman–Crippen LogP) is 2.01. The van der Waals surface area contributed by atoms with Crippen molar-refractivity contribution >= 4 is 11.9 Å². The molecule has 0 spiro atoms. The molecule has 1 aliphatic carbocycles. The lowest BCUT2D eigenvalue weighted by molar-refractivity contribution is -0.150. The van der Waals surface area contributed by atoms with Gasteiger partial charge in [0.1, 0.15) is 5.54 Å². The lowest BCUT2D eigenvalue weighted by Crippen LogP contribution is -2.54. The molecule has 1 amide bonds. The third-order valence-electron chi connectivity index (χ3n) is 5.32. The van der Waals surface area contributed by atoms with Crippen LogP contribution in [-0.4, -0.2) is 46.6 Å². The van der Waals surface area contributed by atoms with E-state index >= 15 is 0 Å². The molecule has 1 aliphatic heterocycles. The number of hydrogen-bond donors (Lipinski definition) is 2. The summed E-state index contributed by atoms with van der Waals surface area (Å²) >= 11 is 0. The molecule has 0 aromatic heterocycles.